The van der Waals surface area contributed by atoms with E-state index in [4.69, 9.17) is 0 Å². The van der Waals surface area contributed by atoms with Crippen molar-refractivity contribution in [1.29, 1.82) is 0 Å². The average molecular weight is 420 g/mol. The van der Waals surface area contributed by atoms with Gasteiger partial charge in [-0.05, 0) is 56.3 Å². The van der Waals surface area contributed by atoms with Crippen molar-refractivity contribution in [3.63, 3.8) is 0 Å². The summed E-state index contributed by atoms with van der Waals surface area (Å²) < 4.78 is 28.6. The Bertz CT molecular complexity index is 751. The van der Waals surface area contributed by atoms with Crippen LogP contribution in [-0.2, 0) is 10.0 Å². The lowest BCUT2D eigenvalue weighted by Crippen LogP contribution is -2.52. The summed E-state index contributed by atoms with van der Waals surface area (Å²) in [6.45, 7) is 5.53. The van der Waals surface area contributed by atoms with E-state index in [-0.39, 0.29) is 0 Å². The maximum absolute atomic E-state index is 13.4. The quantitative estimate of drug-likeness (QED) is 0.749. The number of benzene rings is 1. The molecule has 0 bridgehead atoms. The lowest BCUT2D eigenvalue weighted by Gasteiger charge is -2.38. The van der Waals surface area contributed by atoms with E-state index in [2.05, 4.69) is 29.0 Å². The number of rotatable bonds is 4. The molecule has 29 heavy (non-hydrogen) atoms. The normalized spacial score (nSPS) is 27.0. The van der Waals surface area contributed by atoms with E-state index < -0.39 is 10.0 Å². The van der Waals surface area contributed by atoms with E-state index in [1.54, 1.807) is 4.31 Å². The van der Waals surface area contributed by atoms with E-state index in [1.165, 1.54) is 37.7 Å². The third-order valence-corrected chi connectivity index (χ3v) is 9.14. The number of hydrogen-bond acceptors (Lipinski definition) is 4. The first-order chi connectivity index (χ1) is 14.0. The molecule has 2 saturated heterocycles. The standard InChI is InChI=1S/C23H37N3O2S/c1-24-15-17-25(18-16-24)22-9-5-6-14-26(19-22)29(27,28)23-12-10-21(11-13-23)20-7-3-2-4-8-20/h10-13,20,22H,2-9,14-19H2,1H3/t22-/m1/s1. The maximum Gasteiger partial charge on any atom is 0.243 e. The molecule has 0 radical (unpaired) electrons. The second-order valence-electron chi connectivity index (χ2n) is 9.26. The van der Waals surface area contributed by atoms with Crippen LogP contribution in [0.5, 0.6) is 0 Å². The van der Waals surface area contributed by atoms with Gasteiger partial charge < -0.3 is 4.90 Å². The summed E-state index contributed by atoms with van der Waals surface area (Å²) in [6, 6.07) is 8.20. The molecule has 1 atom stereocenters. The van der Waals surface area contributed by atoms with Gasteiger partial charge in [0.25, 0.3) is 0 Å². The summed E-state index contributed by atoms with van der Waals surface area (Å²) >= 11 is 0. The van der Waals surface area contributed by atoms with Gasteiger partial charge >= 0.3 is 0 Å². The Hall–Kier alpha value is -0.950. The van der Waals surface area contributed by atoms with Crippen LogP contribution in [0.3, 0.4) is 0 Å². The smallest absolute Gasteiger partial charge is 0.243 e. The molecule has 1 aliphatic carbocycles. The molecule has 4 rings (SSSR count). The van der Waals surface area contributed by atoms with Gasteiger partial charge in [0.15, 0.2) is 0 Å². The summed E-state index contributed by atoms with van der Waals surface area (Å²) in [5.74, 6) is 0.611. The number of piperazine rings is 1. The zero-order valence-corrected chi connectivity index (χ0v) is 18.7. The van der Waals surface area contributed by atoms with E-state index in [0.717, 1.165) is 45.4 Å². The highest BCUT2D eigenvalue weighted by molar-refractivity contribution is 7.89. The van der Waals surface area contributed by atoms with Gasteiger partial charge in [0, 0.05) is 45.3 Å². The summed E-state index contributed by atoms with van der Waals surface area (Å²) in [7, 11) is -1.25. The van der Waals surface area contributed by atoms with Crippen molar-refractivity contribution in [1.82, 2.24) is 14.1 Å². The van der Waals surface area contributed by atoms with Crippen molar-refractivity contribution in [2.45, 2.75) is 68.2 Å². The average Bonchev–Trinajstić information content (AvgIpc) is 3.02. The monoisotopic (exact) mass is 419 g/mol. The number of likely N-dealkylation sites (N-methyl/N-ethyl adjacent to an activating group) is 1. The number of nitrogens with zero attached hydrogens (tertiary/aromatic N) is 3. The van der Waals surface area contributed by atoms with Crippen LogP contribution in [0.1, 0.15) is 62.8 Å². The Morgan fingerprint density at radius 1 is 0.793 bits per heavy atom. The molecule has 1 aromatic rings. The Morgan fingerprint density at radius 2 is 1.45 bits per heavy atom. The lowest BCUT2D eigenvalue weighted by atomic mass is 9.84. The van der Waals surface area contributed by atoms with Crippen LogP contribution in [0.25, 0.3) is 0 Å². The number of sulfonamides is 1. The predicted molar refractivity (Wildman–Crippen MR) is 118 cm³/mol. The van der Waals surface area contributed by atoms with Gasteiger partial charge in [0.05, 0.1) is 4.90 Å². The van der Waals surface area contributed by atoms with Gasteiger partial charge in [-0.25, -0.2) is 8.42 Å². The molecule has 2 aliphatic heterocycles. The fourth-order valence-corrected chi connectivity index (χ4v) is 6.80. The molecule has 0 spiro atoms. The molecule has 1 saturated carbocycles. The summed E-state index contributed by atoms with van der Waals surface area (Å²) in [5, 5.41) is 0. The molecule has 0 N–H and O–H groups in total. The fourth-order valence-electron chi connectivity index (χ4n) is 5.29. The third kappa shape index (κ3) is 5.04. The van der Waals surface area contributed by atoms with Crippen LogP contribution in [-0.4, -0.2) is 74.9 Å². The minimum absolute atomic E-state index is 0.350. The molecule has 0 amide bonds. The zero-order valence-electron chi connectivity index (χ0n) is 17.9. The van der Waals surface area contributed by atoms with Crippen molar-refractivity contribution in [3.8, 4) is 0 Å². The molecule has 0 unspecified atom stereocenters. The molecule has 6 heteroatoms. The van der Waals surface area contributed by atoms with E-state index in [0.29, 0.717) is 29.9 Å². The van der Waals surface area contributed by atoms with Gasteiger partial charge in [-0.2, -0.15) is 4.31 Å². The predicted octanol–water partition coefficient (Wildman–Crippen LogP) is 3.52. The van der Waals surface area contributed by atoms with Crippen molar-refractivity contribution >= 4 is 10.0 Å². The Balaban J connectivity index is 1.46. The van der Waals surface area contributed by atoms with Crippen molar-refractivity contribution in [2.24, 2.45) is 0 Å². The molecule has 0 aromatic heterocycles. The van der Waals surface area contributed by atoms with E-state index in [1.807, 2.05) is 12.1 Å². The topological polar surface area (TPSA) is 43.9 Å². The summed E-state index contributed by atoms with van der Waals surface area (Å²) in [4.78, 5) is 5.34. The minimum Gasteiger partial charge on any atom is -0.304 e. The van der Waals surface area contributed by atoms with Crippen LogP contribution in [0.4, 0.5) is 0 Å². The Kier molecular flexibility index (Phi) is 6.94. The highest BCUT2D eigenvalue weighted by atomic mass is 32.2. The third-order valence-electron chi connectivity index (χ3n) is 7.26. The van der Waals surface area contributed by atoms with Crippen LogP contribution in [0, 0.1) is 0 Å². The highest BCUT2D eigenvalue weighted by Gasteiger charge is 2.32. The Morgan fingerprint density at radius 3 is 2.14 bits per heavy atom. The molecule has 1 aromatic carbocycles. The van der Waals surface area contributed by atoms with Gasteiger partial charge in [0.1, 0.15) is 0 Å². The zero-order chi connectivity index (χ0) is 20.3. The number of hydrogen-bond donors (Lipinski definition) is 0. The molecule has 162 valence electrons. The molecule has 2 heterocycles. The second kappa shape index (κ2) is 9.46. The first kappa shape index (κ1) is 21.3. The molecule has 5 nitrogen and oxygen atoms in total. The second-order valence-corrected chi connectivity index (χ2v) is 11.2. The van der Waals surface area contributed by atoms with Gasteiger partial charge in [-0.3, -0.25) is 4.90 Å². The lowest BCUT2D eigenvalue weighted by molar-refractivity contribution is 0.100. The van der Waals surface area contributed by atoms with Gasteiger partial charge in [-0.1, -0.05) is 37.8 Å². The summed E-state index contributed by atoms with van der Waals surface area (Å²) in [5.41, 5.74) is 1.31. The molecular weight excluding hydrogens is 382 g/mol. The van der Waals surface area contributed by atoms with Crippen molar-refractivity contribution in [3.05, 3.63) is 29.8 Å². The first-order valence-corrected chi connectivity index (χ1v) is 13.0. The van der Waals surface area contributed by atoms with Crippen molar-refractivity contribution < 1.29 is 8.42 Å². The first-order valence-electron chi connectivity index (χ1n) is 11.6. The fraction of sp³-hybridized carbons (Fsp3) is 0.739. The van der Waals surface area contributed by atoms with Crippen LogP contribution in [0.15, 0.2) is 29.2 Å². The molecule has 3 fully saturated rings. The van der Waals surface area contributed by atoms with E-state index in [9.17, 15) is 8.42 Å². The van der Waals surface area contributed by atoms with Gasteiger partial charge in [-0.15, -0.1) is 0 Å². The molecular formula is C23H37N3O2S. The highest BCUT2D eigenvalue weighted by Crippen LogP contribution is 2.33. The van der Waals surface area contributed by atoms with Gasteiger partial charge in [0.2, 0.25) is 10.0 Å². The van der Waals surface area contributed by atoms with E-state index >= 15 is 0 Å². The largest absolute Gasteiger partial charge is 0.304 e. The maximum atomic E-state index is 13.4. The minimum atomic E-state index is -3.42. The summed E-state index contributed by atoms with van der Waals surface area (Å²) in [6.07, 6.45) is 9.60. The molecule has 3 aliphatic rings. The van der Waals surface area contributed by atoms with Crippen LogP contribution >= 0.6 is 0 Å². The Labute approximate surface area is 177 Å². The SMILES string of the molecule is CN1CCN([C@@H]2CCCCN(S(=O)(=O)c3ccc(C4CCCCC4)cc3)C2)CC1. The van der Waals surface area contributed by atoms with Crippen molar-refractivity contribution in [2.75, 3.05) is 46.3 Å². The van der Waals surface area contributed by atoms with Crippen LogP contribution in [0.2, 0.25) is 0 Å². The van der Waals surface area contributed by atoms with Crippen LogP contribution < -0.4 is 0 Å².